The standard InChI is InChI=1S/C12H18N2O2S/c1-10-7-8-14(12(10)9-13)17(15,16)11-5-3-2-4-6-11/h2-6,10,12H,7-9,13H2,1H3. The second kappa shape index (κ2) is 4.76. The Labute approximate surface area is 102 Å². The van der Waals surface area contributed by atoms with Crippen molar-refractivity contribution in [3.05, 3.63) is 30.3 Å². The molecule has 1 fully saturated rings. The molecule has 0 spiro atoms. The Morgan fingerprint density at radius 1 is 1.35 bits per heavy atom. The molecule has 0 amide bonds. The van der Waals surface area contributed by atoms with Crippen molar-refractivity contribution in [2.24, 2.45) is 11.7 Å². The molecular formula is C12H18N2O2S. The van der Waals surface area contributed by atoms with E-state index in [-0.39, 0.29) is 6.04 Å². The lowest BCUT2D eigenvalue weighted by atomic mass is 10.0. The summed E-state index contributed by atoms with van der Waals surface area (Å²) in [6, 6.07) is 8.48. The van der Waals surface area contributed by atoms with E-state index in [4.69, 9.17) is 5.73 Å². The van der Waals surface area contributed by atoms with Crippen LogP contribution in [0.15, 0.2) is 35.2 Å². The van der Waals surface area contributed by atoms with Crippen molar-refractivity contribution >= 4 is 10.0 Å². The number of hydrogen-bond donors (Lipinski definition) is 1. The van der Waals surface area contributed by atoms with Crippen LogP contribution in [0.1, 0.15) is 13.3 Å². The lowest BCUT2D eigenvalue weighted by Crippen LogP contribution is -2.42. The third-order valence-corrected chi connectivity index (χ3v) is 5.36. The number of rotatable bonds is 3. The van der Waals surface area contributed by atoms with Gasteiger partial charge in [-0.15, -0.1) is 0 Å². The minimum absolute atomic E-state index is 0.0693. The highest BCUT2D eigenvalue weighted by molar-refractivity contribution is 7.89. The Hall–Kier alpha value is -0.910. The second-order valence-electron chi connectivity index (χ2n) is 4.50. The quantitative estimate of drug-likeness (QED) is 0.876. The van der Waals surface area contributed by atoms with Crippen LogP contribution in [0, 0.1) is 5.92 Å². The number of nitrogens with zero attached hydrogens (tertiary/aromatic N) is 1. The molecule has 17 heavy (non-hydrogen) atoms. The fourth-order valence-electron chi connectivity index (χ4n) is 2.35. The monoisotopic (exact) mass is 254 g/mol. The van der Waals surface area contributed by atoms with Crippen molar-refractivity contribution in [3.8, 4) is 0 Å². The van der Waals surface area contributed by atoms with Gasteiger partial charge in [-0.1, -0.05) is 25.1 Å². The minimum atomic E-state index is -3.38. The van der Waals surface area contributed by atoms with Crippen molar-refractivity contribution in [3.63, 3.8) is 0 Å². The molecule has 4 nitrogen and oxygen atoms in total. The van der Waals surface area contributed by atoms with Gasteiger partial charge < -0.3 is 5.73 Å². The summed E-state index contributed by atoms with van der Waals surface area (Å²) in [5, 5.41) is 0. The maximum Gasteiger partial charge on any atom is 0.243 e. The van der Waals surface area contributed by atoms with Gasteiger partial charge in [0, 0.05) is 19.1 Å². The van der Waals surface area contributed by atoms with Crippen LogP contribution in [0.25, 0.3) is 0 Å². The summed E-state index contributed by atoms with van der Waals surface area (Å²) in [7, 11) is -3.38. The first kappa shape index (κ1) is 12.5. The Bertz CT molecular complexity index is 473. The molecular weight excluding hydrogens is 236 g/mol. The molecule has 2 unspecified atom stereocenters. The van der Waals surface area contributed by atoms with Gasteiger partial charge in [-0.3, -0.25) is 0 Å². The molecule has 0 saturated carbocycles. The van der Waals surface area contributed by atoms with E-state index in [0.717, 1.165) is 6.42 Å². The topological polar surface area (TPSA) is 63.4 Å². The van der Waals surface area contributed by atoms with E-state index in [9.17, 15) is 8.42 Å². The van der Waals surface area contributed by atoms with Gasteiger partial charge in [0.05, 0.1) is 4.90 Å². The molecule has 1 heterocycles. The first-order chi connectivity index (χ1) is 8.07. The van der Waals surface area contributed by atoms with E-state index in [0.29, 0.717) is 23.9 Å². The Morgan fingerprint density at radius 2 is 2.00 bits per heavy atom. The number of hydrogen-bond acceptors (Lipinski definition) is 3. The predicted molar refractivity (Wildman–Crippen MR) is 67.0 cm³/mol. The van der Waals surface area contributed by atoms with Gasteiger partial charge in [0.1, 0.15) is 0 Å². The van der Waals surface area contributed by atoms with Crippen molar-refractivity contribution in [2.45, 2.75) is 24.3 Å². The Balaban J connectivity index is 2.34. The van der Waals surface area contributed by atoms with Crippen molar-refractivity contribution < 1.29 is 8.42 Å². The predicted octanol–water partition coefficient (Wildman–Crippen LogP) is 1.04. The maximum atomic E-state index is 12.4. The first-order valence-electron chi connectivity index (χ1n) is 5.84. The van der Waals surface area contributed by atoms with Gasteiger partial charge in [0.25, 0.3) is 0 Å². The van der Waals surface area contributed by atoms with E-state index < -0.39 is 10.0 Å². The average molecular weight is 254 g/mol. The molecule has 0 bridgehead atoms. The summed E-state index contributed by atoms with van der Waals surface area (Å²) < 4.78 is 26.4. The van der Waals surface area contributed by atoms with E-state index in [1.807, 2.05) is 6.07 Å². The zero-order valence-electron chi connectivity index (χ0n) is 9.91. The molecule has 0 aromatic heterocycles. The van der Waals surface area contributed by atoms with Crippen molar-refractivity contribution in [1.29, 1.82) is 0 Å². The van der Waals surface area contributed by atoms with Gasteiger partial charge in [-0.05, 0) is 24.5 Å². The molecule has 1 aromatic rings. The SMILES string of the molecule is CC1CCN(S(=O)(=O)c2ccccc2)C1CN. The summed E-state index contributed by atoms with van der Waals surface area (Å²) in [6.45, 7) is 3.01. The molecule has 1 aliphatic rings. The summed E-state index contributed by atoms with van der Waals surface area (Å²) in [6.07, 6.45) is 0.883. The van der Waals surface area contributed by atoms with E-state index in [1.54, 1.807) is 28.6 Å². The molecule has 1 aliphatic heterocycles. The maximum absolute atomic E-state index is 12.4. The van der Waals surface area contributed by atoms with E-state index in [2.05, 4.69) is 6.92 Å². The van der Waals surface area contributed by atoms with E-state index >= 15 is 0 Å². The third-order valence-electron chi connectivity index (χ3n) is 3.42. The van der Waals surface area contributed by atoms with Crippen LogP contribution < -0.4 is 5.73 Å². The third kappa shape index (κ3) is 2.22. The Morgan fingerprint density at radius 3 is 2.59 bits per heavy atom. The van der Waals surface area contributed by atoms with Crippen LogP contribution in [0.3, 0.4) is 0 Å². The van der Waals surface area contributed by atoms with E-state index in [1.165, 1.54) is 0 Å². The Kier molecular flexibility index (Phi) is 3.51. The molecule has 2 atom stereocenters. The molecule has 5 heteroatoms. The molecule has 0 aliphatic carbocycles. The van der Waals surface area contributed by atoms with Crippen LogP contribution in [-0.2, 0) is 10.0 Å². The molecule has 94 valence electrons. The van der Waals surface area contributed by atoms with Crippen LogP contribution in [0.4, 0.5) is 0 Å². The highest BCUT2D eigenvalue weighted by atomic mass is 32.2. The lowest BCUT2D eigenvalue weighted by molar-refractivity contribution is 0.354. The molecule has 1 saturated heterocycles. The fraction of sp³-hybridized carbons (Fsp3) is 0.500. The van der Waals surface area contributed by atoms with Crippen LogP contribution in [-0.4, -0.2) is 31.9 Å². The number of sulfonamides is 1. The molecule has 2 N–H and O–H groups in total. The second-order valence-corrected chi connectivity index (χ2v) is 6.39. The molecule has 1 aromatic carbocycles. The summed E-state index contributed by atoms with van der Waals surface area (Å²) in [5.41, 5.74) is 5.68. The summed E-state index contributed by atoms with van der Waals surface area (Å²) in [5.74, 6) is 0.332. The van der Waals surface area contributed by atoms with Crippen LogP contribution in [0.5, 0.6) is 0 Å². The van der Waals surface area contributed by atoms with Crippen molar-refractivity contribution in [1.82, 2.24) is 4.31 Å². The molecule has 2 rings (SSSR count). The smallest absolute Gasteiger partial charge is 0.243 e. The van der Waals surface area contributed by atoms with Crippen LogP contribution >= 0.6 is 0 Å². The average Bonchev–Trinajstić information content (AvgIpc) is 2.72. The minimum Gasteiger partial charge on any atom is -0.329 e. The normalized spacial score (nSPS) is 26.2. The van der Waals surface area contributed by atoms with Gasteiger partial charge in [-0.25, -0.2) is 8.42 Å². The van der Waals surface area contributed by atoms with Gasteiger partial charge in [0.2, 0.25) is 10.0 Å². The van der Waals surface area contributed by atoms with Gasteiger partial charge >= 0.3 is 0 Å². The largest absolute Gasteiger partial charge is 0.329 e. The highest BCUT2D eigenvalue weighted by Gasteiger charge is 2.38. The van der Waals surface area contributed by atoms with Gasteiger partial charge in [0.15, 0.2) is 0 Å². The van der Waals surface area contributed by atoms with Crippen molar-refractivity contribution in [2.75, 3.05) is 13.1 Å². The fourth-order valence-corrected chi connectivity index (χ4v) is 4.12. The van der Waals surface area contributed by atoms with Gasteiger partial charge in [-0.2, -0.15) is 4.31 Å². The number of nitrogens with two attached hydrogens (primary N) is 1. The zero-order chi connectivity index (χ0) is 12.5. The van der Waals surface area contributed by atoms with Crippen LogP contribution in [0.2, 0.25) is 0 Å². The summed E-state index contributed by atoms with van der Waals surface area (Å²) in [4.78, 5) is 0.354. The number of benzene rings is 1. The molecule has 0 radical (unpaired) electrons. The first-order valence-corrected chi connectivity index (χ1v) is 7.28. The highest BCUT2D eigenvalue weighted by Crippen LogP contribution is 2.29. The lowest BCUT2D eigenvalue weighted by Gasteiger charge is -2.24. The summed E-state index contributed by atoms with van der Waals surface area (Å²) >= 11 is 0. The zero-order valence-corrected chi connectivity index (χ0v) is 10.7.